The van der Waals surface area contributed by atoms with E-state index in [-0.39, 0.29) is 11.0 Å². The molecule has 0 aliphatic rings. The molecule has 0 spiro atoms. The summed E-state index contributed by atoms with van der Waals surface area (Å²) >= 11 is 7.61. The van der Waals surface area contributed by atoms with E-state index in [0.717, 1.165) is 19.7 Å². The maximum absolute atomic E-state index is 13.8. The Bertz CT molecular complexity index is 754. The molecule has 0 atom stereocenters. The van der Waals surface area contributed by atoms with Crippen LogP contribution in [0.3, 0.4) is 0 Å². The van der Waals surface area contributed by atoms with Crippen LogP contribution in [0, 0.1) is 11.6 Å². The van der Waals surface area contributed by atoms with Gasteiger partial charge in [0.05, 0.1) is 3.79 Å². The zero-order chi connectivity index (χ0) is 15.8. The second kappa shape index (κ2) is 6.41. The van der Waals surface area contributed by atoms with Gasteiger partial charge in [-0.05, 0) is 54.9 Å². The first-order valence-corrected chi connectivity index (χ1v) is 9.46. The second-order valence-corrected chi connectivity index (χ2v) is 9.35. The van der Waals surface area contributed by atoms with E-state index < -0.39 is 26.6 Å². The summed E-state index contributed by atoms with van der Waals surface area (Å²) in [7, 11) is -2.73. The van der Waals surface area contributed by atoms with Crippen molar-refractivity contribution < 1.29 is 17.2 Å². The molecular weight excluding hydrogens is 452 g/mol. The Labute approximate surface area is 141 Å². The number of benzene rings is 1. The van der Waals surface area contributed by atoms with E-state index in [1.165, 1.54) is 18.4 Å². The third kappa shape index (κ3) is 3.70. The molecule has 0 aliphatic heterocycles. The molecule has 0 saturated carbocycles. The smallest absolute Gasteiger partial charge is 0.207 e. The molecular formula is C12H9Br2F2NO2S2. The van der Waals surface area contributed by atoms with E-state index in [9.17, 15) is 17.2 Å². The van der Waals surface area contributed by atoms with Crippen LogP contribution in [-0.2, 0) is 16.6 Å². The van der Waals surface area contributed by atoms with Gasteiger partial charge in [0.2, 0.25) is 10.0 Å². The van der Waals surface area contributed by atoms with Crippen molar-refractivity contribution in [3.05, 3.63) is 49.0 Å². The molecule has 2 rings (SSSR count). The van der Waals surface area contributed by atoms with Gasteiger partial charge < -0.3 is 0 Å². The maximum atomic E-state index is 13.8. The van der Waals surface area contributed by atoms with E-state index in [1.54, 1.807) is 11.4 Å². The Hall–Kier alpha value is -0.350. The average Bonchev–Trinajstić information content (AvgIpc) is 2.72. The third-order valence-electron chi connectivity index (χ3n) is 2.66. The highest BCUT2D eigenvalue weighted by molar-refractivity contribution is 9.11. The summed E-state index contributed by atoms with van der Waals surface area (Å²) in [6.45, 7) is 0.0910. The van der Waals surface area contributed by atoms with Crippen LogP contribution < -0.4 is 0 Å². The van der Waals surface area contributed by atoms with Gasteiger partial charge in [-0.3, -0.25) is 0 Å². The van der Waals surface area contributed by atoms with E-state index in [1.807, 2.05) is 0 Å². The maximum Gasteiger partial charge on any atom is 0.247 e. The van der Waals surface area contributed by atoms with Crippen molar-refractivity contribution in [2.75, 3.05) is 7.05 Å². The summed E-state index contributed by atoms with van der Waals surface area (Å²) in [5, 5.41) is 1.80. The fourth-order valence-electron chi connectivity index (χ4n) is 1.70. The standard InChI is InChI=1S/C12H9Br2F2NO2S2/c1-17(5-7-2-11(14)20-6-7)21(18,19)12-9(13)3-8(15)4-10(12)16/h2-4,6H,5H2,1H3. The molecule has 21 heavy (non-hydrogen) atoms. The van der Waals surface area contributed by atoms with Gasteiger partial charge in [0.25, 0.3) is 0 Å². The van der Waals surface area contributed by atoms with Gasteiger partial charge in [-0.2, -0.15) is 4.31 Å². The van der Waals surface area contributed by atoms with Crippen molar-refractivity contribution in [3.8, 4) is 0 Å². The van der Waals surface area contributed by atoms with Crippen LogP contribution in [0.5, 0.6) is 0 Å². The van der Waals surface area contributed by atoms with Crippen molar-refractivity contribution in [2.24, 2.45) is 0 Å². The Morgan fingerprint density at radius 3 is 2.43 bits per heavy atom. The molecule has 0 amide bonds. The third-order valence-corrected chi connectivity index (χ3v) is 6.98. The summed E-state index contributed by atoms with van der Waals surface area (Å²) in [4.78, 5) is -0.569. The van der Waals surface area contributed by atoms with Gasteiger partial charge in [0.15, 0.2) is 0 Å². The lowest BCUT2D eigenvalue weighted by molar-refractivity contribution is 0.458. The fourth-order valence-corrected chi connectivity index (χ4v) is 5.17. The van der Waals surface area contributed by atoms with Crippen LogP contribution >= 0.6 is 43.2 Å². The normalized spacial score (nSPS) is 12.1. The number of thiophene rings is 1. The van der Waals surface area contributed by atoms with Crippen molar-refractivity contribution in [3.63, 3.8) is 0 Å². The predicted molar refractivity (Wildman–Crippen MR) is 84.7 cm³/mol. The van der Waals surface area contributed by atoms with Crippen LogP contribution in [-0.4, -0.2) is 19.8 Å². The van der Waals surface area contributed by atoms with Gasteiger partial charge in [-0.25, -0.2) is 17.2 Å². The van der Waals surface area contributed by atoms with Gasteiger partial charge in [-0.1, -0.05) is 0 Å². The zero-order valence-electron chi connectivity index (χ0n) is 10.6. The average molecular weight is 461 g/mol. The van der Waals surface area contributed by atoms with Gasteiger partial charge in [0.1, 0.15) is 16.5 Å². The van der Waals surface area contributed by atoms with Crippen LogP contribution in [0.2, 0.25) is 0 Å². The lowest BCUT2D eigenvalue weighted by atomic mass is 10.3. The quantitative estimate of drug-likeness (QED) is 0.679. The van der Waals surface area contributed by atoms with E-state index in [0.29, 0.717) is 6.07 Å². The van der Waals surface area contributed by atoms with E-state index >= 15 is 0 Å². The minimum absolute atomic E-state index is 0.0910. The highest BCUT2D eigenvalue weighted by Gasteiger charge is 2.28. The Morgan fingerprint density at radius 1 is 1.24 bits per heavy atom. The summed E-state index contributed by atoms with van der Waals surface area (Å²) in [6.07, 6.45) is 0. The minimum Gasteiger partial charge on any atom is -0.207 e. The van der Waals surface area contributed by atoms with Crippen molar-refractivity contribution >= 4 is 53.2 Å². The van der Waals surface area contributed by atoms with Crippen molar-refractivity contribution in [2.45, 2.75) is 11.4 Å². The Balaban J connectivity index is 2.38. The van der Waals surface area contributed by atoms with Gasteiger partial charge >= 0.3 is 0 Å². The van der Waals surface area contributed by atoms with Crippen LogP contribution in [0.1, 0.15) is 5.56 Å². The molecule has 9 heteroatoms. The first-order chi connectivity index (χ1) is 9.71. The Morgan fingerprint density at radius 2 is 1.90 bits per heavy atom. The molecule has 0 saturated heterocycles. The first-order valence-electron chi connectivity index (χ1n) is 5.55. The fraction of sp³-hybridized carbons (Fsp3) is 0.167. The molecule has 1 aromatic heterocycles. The summed E-state index contributed by atoms with van der Waals surface area (Å²) in [5.41, 5.74) is 0.775. The lowest BCUT2D eigenvalue weighted by Crippen LogP contribution is -2.27. The summed E-state index contributed by atoms with van der Waals surface area (Å²) in [6, 6.07) is 3.25. The summed E-state index contributed by atoms with van der Waals surface area (Å²) in [5.74, 6) is -1.97. The van der Waals surface area contributed by atoms with Gasteiger partial charge in [0, 0.05) is 24.1 Å². The zero-order valence-corrected chi connectivity index (χ0v) is 15.4. The van der Waals surface area contributed by atoms with Crippen LogP contribution in [0.4, 0.5) is 8.78 Å². The number of hydrogen-bond acceptors (Lipinski definition) is 3. The summed E-state index contributed by atoms with van der Waals surface area (Å²) < 4.78 is 53.5. The topological polar surface area (TPSA) is 37.4 Å². The number of nitrogens with zero attached hydrogens (tertiary/aromatic N) is 1. The molecule has 0 N–H and O–H groups in total. The number of rotatable bonds is 4. The Kier molecular flexibility index (Phi) is 5.19. The molecule has 0 unspecified atom stereocenters. The van der Waals surface area contributed by atoms with Crippen molar-refractivity contribution in [1.29, 1.82) is 0 Å². The second-order valence-electron chi connectivity index (χ2n) is 4.22. The van der Waals surface area contributed by atoms with E-state index in [4.69, 9.17) is 0 Å². The molecule has 0 aliphatic carbocycles. The first kappa shape index (κ1) is 17.0. The SMILES string of the molecule is CN(Cc1csc(Br)c1)S(=O)(=O)c1c(F)cc(F)cc1Br. The lowest BCUT2D eigenvalue weighted by Gasteiger charge is -2.18. The number of sulfonamides is 1. The predicted octanol–water partition coefficient (Wildman–Crippen LogP) is 4.37. The minimum atomic E-state index is -4.07. The molecule has 1 aromatic carbocycles. The van der Waals surface area contributed by atoms with Crippen LogP contribution in [0.15, 0.2) is 36.7 Å². The molecule has 1 heterocycles. The molecule has 3 nitrogen and oxygen atoms in total. The molecule has 0 bridgehead atoms. The van der Waals surface area contributed by atoms with Gasteiger partial charge in [-0.15, -0.1) is 11.3 Å². The highest BCUT2D eigenvalue weighted by atomic mass is 79.9. The number of hydrogen-bond donors (Lipinski definition) is 0. The monoisotopic (exact) mass is 459 g/mol. The van der Waals surface area contributed by atoms with Crippen molar-refractivity contribution in [1.82, 2.24) is 4.31 Å². The molecule has 2 aromatic rings. The van der Waals surface area contributed by atoms with E-state index in [2.05, 4.69) is 31.9 Å². The highest BCUT2D eigenvalue weighted by Crippen LogP contribution is 2.30. The molecule has 114 valence electrons. The molecule has 0 fully saturated rings. The number of halogens is 4. The molecule has 0 radical (unpaired) electrons. The van der Waals surface area contributed by atoms with Crippen LogP contribution in [0.25, 0.3) is 0 Å². The largest absolute Gasteiger partial charge is 0.247 e.